The first kappa shape index (κ1) is 20.8. The molecule has 2 heterocycles. The summed E-state index contributed by atoms with van der Waals surface area (Å²) in [5, 5.41) is 13.2. The van der Waals surface area contributed by atoms with Crippen LogP contribution in [0.25, 0.3) is 0 Å². The summed E-state index contributed by atoms with van der Waals surface area (Å²) in [6.45, 7) is -7.52. The molecular formula is C16H18F6N5O5P. The van der Waals surface area contributed by atoms with Crippen LogP contribution in [0, 0.1) is 17.5 Å². The summed E-state index contributed by atoms with van der Waals surface area (Å²) < 4.78 is 132. The Balaban J connectivity index is 0.00000110. The minimum Gasteiger partial charge on any atom is -0.333 e. The average Bonchev–Trinajstić information content (AvgIpc) is 3.20. The highest BCUT2D eigenvalue weighted by atomic mass is 31.1. The second-order valence-corrected chi connectivity index (χ2v) is 6.92. The molecule has 0 aliphatic carbocycles. The second-order valence-electron chi connectivity index (χ2n) is 6.31. The minimum absolute atomic E-state index is 0. The molecule has 17 heteroatoms. The van der Waals surface area contributed by atoms with E-state index < -0.39 is 87.5 Å². The van der Waals surface area contributed by atoms with Crippen molar-refractivity contribution in [3.05, 3.63) is 46.8 Å². The van der Waals surface area contributed by atoms with E-state index in [-0.39, 0.29) is 11.6 Å². The predicted octanol–water partition coefficient (Wildman–Crippen LogP) is 2.83. The van der Waals surface area contributed by atoms with Gasteiger partial charge in [-0.3, -0.25) is 4.79 Å². The van der Waals surface area contributed by atoms with Crippen molar-refractivity contribution in [2.45, 2.75) is 38.1 Å². The summed E-state index contributed by atoms with van der Waals surface area (Å²) in [7, 11) is -3.04. The first-order valence-electron chi connectivity index (χ1n) is 10.5. The molecule has 1 amide bonds. The summed E-state index contributed by atoms with van der Waals surface area (Å²) in [5.74, 6) is -7.42. The van der Waals surface area contributed by atoms with E-state index in [0.717, 1.165) is 0 Å². The number of alkyl halides is 3. The Kier molecular flexibility index (Phi) is 6.84. The van der Waals surface area contributed by atoms with E-state index in [0.29, 0.717) is 17.0 Å². The molecule has 33 heavy (non-hydrogen) atoms. The molecule has 0 spiro atoms. The maximum Gasteiger partial charge on any atom is 0.496 e. The SMILES string of the molecule is O=P(=O)OO.[2H]C1([2H])N(C(=O)C[C@@H](N)Cc2cc(F)c(F)cc2F)Cc2nnc(C(F)(F)F)n2C1([2H])[2H].[HH]. The Bertz CT molecular complexity index is 1240. The molecule has 184 valence electrons. The van der Waals surface area contributed by atoms with Crippen LogP contribution in [0.15, 0.2) is 12.1 Å². The number of hydrogen-bond acceptors (Lipinski definition) is 8. The fraction of sp³-hybridized carbons (Fsp3) is 0.438. The van der Waals surface area contributed by atoms with Crippen LogP contribution in [0.3, 0.4) is 0 Å². The quantitative estimate of drug-likeness (QED) is 0.206. The zero-order valence-electron chi connectivity index (χ0n) is 20.0. The summed E-state index contributed by atoms with van der Waals surface area (Å²) in [5.41, 5.74) is 5.40. The minimum atomic E-state index is -5.13. The maximum atomic E-state index is 13.8. The number of benzene rings is 1. The topological polar surface area (TPSA) is 141 Å². The van der Waals surface area contributed by atoms with E-state index in [2.05, 4.69) is 14.9 Å². The number of fused-ring (bicyclic) bond motifs is 1. The van der Waals surface area contributed by atoms with Gasteiger partial charge in [-0.25, -0.2) is 27.6 Å². The second kappa shape index (κ2) is 10.9. The van der Waals surface area contributed by atoms with Crippen LogP contribution in [0.1, 0.15) is 30.5 Å². The lowest BCUT2D eigenvalue weighted by atomic mass is 10.0. The van der Waals surface area contributed by atoms with Crippen molar-refractivity contribution in [3.63, 3.8) is 0 Å². The Morgan fingerprint density at radius 2 is 1.85 bits per heavy atom. The van der Waals surface area contributed by atoms with Crippen molar-refractivity contribution in [3.8, 4) is 0 Å². The third kappa shape index (κ3) is 7.08. The molecule has 0 radical (unpaired) electrons. The Morgan fingerprint density at radius 3 is 2.42 bits per heavy atom. The zero-order chi connectivity index (χ0) is 28.5. The van der Waals surface area contributed by atoms with Gasteiger partial charge in [0.15, 0.2) is 17.5 Å². The van der Waals surface area contributed by atoms with Gasteiger partial charge in [0.25, 0.3) is 0 Å². The molecule has 0 bridgehead atoms. The van der Waals surface area contributed by atoms with Gasteiger partial charge < -0.3 is 15.2 Å². The zero-order valence-corrected chi connectivity index (χ0v) is 16.9. The van der Waals surface area contributed by atoms with Crippen LogP contribution < -0.4 is 5.73 Å². The van der Waals surface area contributed by atoms with Crippen molar-refractivity contribution in [2.75, 3.05) is 6.50 Å². The molecule has 1 aliphatic rings. The van der Waals surface area contributed by atoms with Crippen LogP contribution >= 0.6 is 7.91 Å². The highest BCUT2D eigenvalue weighted by Gasteiger charge is 2.40. The summed E-state index contributed by atoms with van der Waals surface area (Å²) >= 11 is 0. The molecule has 1 aromatic heterocycles. The monoisotopic (exact) mass is 509 g/mol. The molecule has 1 aromatic carbocycles. The first-order chi connectivity index (χ1) is 16.8. The molecule has 0 unspecified atom stereocenters. The van der Waals surface area contributed by atoms with E-state index >= 15 is 0 Å². The van der Waals surface area contributed by atoms with Gasteiger partial charge in [-0.05, 0) is 18.1 Å². The Hall–Kier alpha value is -2.81. The normalized spacial score (nSPS) is 19.1. The summed E-state index contributed by atoms with van der Waals surface area (Å²) in [6.07, 6.45) is -6.28. The van der Waals surface area contributed by atoms with Crippen molar-refractivity contribution in [2.24, 2.45) is 5.73 Å². The number of aromatic nitrogens is 3. The average molecular weight is 509 g/mol. The first-order valence-corrected chi connectivity index (χ1v) is 9.61. The number of carbonyl (C=O) groups excluding carboxylic acids is 1. The van der Waals surface area contributed by atoms with Crippen molar-refractivity contribution >= 4 is 13.8 Å². The van der Waals surface area contributed by atoms with Gasteiger partial charge in [-0.15, -0.1) is 14.9 Å². The summed E-state index contributed by atoms with van der Waals surface area (Å²) in [4.78, 5) is 13.0. The molecule has 0 saturated heterocycles. The standard InChI is InChI=1S/C16H15F6N5O.HO4P.H2/c17-10-6-12(19)11(18)4-8(10)3-9(23)5-14(28)26-1-2-27-13(7-26)24-25-15(27)16(20,21)22;1-4-5(2)3;/h4,6,9H,1-3,5,7,23H2;1H;1H/t9-;;/m0../s1/i1D2,2D2;;. The fourth-order valence-corrected chi connectivity index (χ4v) is 2.57. The third-order valence-corrected chi connectivity index (χ3v) is 4.09. The van der Waals surface area contributed by atoms with Crippen LogP contribution in [0.4, 0.5) is 26.3 Å². The van der Waals surface area contributed by atoms with Crippen molar-refractivity contribution in [1.82, 2.24) is 19.7 Å². The number of hydrogen-bond donors (Lipinski definition) is 2. The third-order valence-electron chi connectivity index (χ3n) is 3.96. The van der Waals surface area contributed by atoms with E-state index in [1.54, 1.807) is 0 Å². The smallest absolute Gasteiger partial charge is 0.333 e. The lowest BCUT2D eigenvalue weighted by Crippen LogP contribution is -2.42. The van der Waals surface area contributed by atoms with Crippen LogP contribution in [0.5, 0.6) is 0 Å². The molecule has 1 atom stereocenters. The number of nitrogens with zero attached hydrogens (tertiary/aromatic N) is 4. The van der Waals surface area contributed by atoms with Gasteiger partial charge in [0, 0.05) is 32.9 Å². The number of amides is 1. The molecule has 3 N–H and O–H groups in total. The van der Waals surface area contributed by atoms with Crippen molar-refractivity contribution in [1.29, 1.82) is 0 Å². The number of rotatable bonds is 5. The molecular weight excluding hydrogens is 487 g/mol. The molecule has 10 nitrogen and oxygen atoms in total. The highest BCUT2D eigenvalue weighted by Crippen LogP contribution is 2.29. The Morgan fingerprint density at radius 1 is 1.24 bits per heavy atom. The predicted molar refractivity (Wildman–Crippen MR) is 97.2 cm³/mol. The number of nitrogens with two attached hydrogens (primary N) is 1. The van der Waals surface area contributed by atoms with Crippen molar-refractivity contribution < 1.29 is 57.1 Å². The number of halogens is 6. The molecule has 3 rings (SSSR count). The van der Waals surface area contributed by atoms with E-state index in [4.69, 9.17) is 25.6 Å². The van der Waals surface area contributed by atoms with Crippen LogP contribution in [-0.4, -0.2) is 43.4 Å². The van der Waals surface area contributed by atoms with Gasteiger partial charge in [0.1, 0.15) is 5.82 Å². The molecule has 0 fully saturated rings. The Labute approximate surface area is 188 Å². The lowest BCUT2D eigenvalue weighted by Gasteiger charge is -2.29. The van der Waals surface area contributed by atoms with Gasteiger partial charge in [-0.1, -0.05) is 0 Å². The largest absolute Gasteiger partial charge is 0.496 e. The molecule has 1 aliphatic heterocycles. The van der Waals surface area contributed by atoms with E-state index in [1.165, 1.54) is 0 Å². The van der Waals surface area contributed by atoms with Gasteiger partial charge >= 0.3 is 14.1 Å². The fourth-order valence-electron chi connectivity index (χ4n) is 2.57. The van der Waals surface area contributed by atoms with Gasteiger partial charge in [0.2, 0.25) is 11.7 Å². The van der Waals surface area contributed by atoms with E-state index in [1.807, 2.05) is 0 Å². The lowest BCUT2D eigenvalue weighted by molar-refractivity contribution is -0.148. The van der Waals surface area contributed by atoms with Gasteiger partial charge in [-0.2, -0.15) is 13.2 Å². The van der Waals surface area contributed by atoms with E-state index in [9.17, 15) is 31.1 Å². The molecule has 0 saturated carbocycles. The summed E-state index contributed by atoms with van der Waals surface area (Å²) in [6, 6.07) is -0.383. The van der Waals surface area contributed by atoms with Gasteiger partial charge in [0.05, 0.1) is 12.0 Å². The number of carbonyl (C=O) groups is 1. The van der Waals surface area contributed by atoms with Crippen LogP contribution in [0.2, 0.25) is 0 Å². The van der Waals surface area contributed by atoms with Crippen LogP contribution in [-0.2, 0) is 44.2 Å². The molecule has 2 aromatic rings. The highest BCUT2D eigenvalue weighted by molar-refractivity contribution is 7.24. The maximum absolute atomic E-state index is 13.8.